The maximum Gasteiger partial charge on any atom is 0.305 e. The zero-order valence-electron chi connectivity index (χ0n) is 18.3. The number of fused-ring (bicyclic) bond motifs is 3. The van der Waals surface area contributed by atoms with Crippen molar-refractivity contribution in [1.82, 2.24) is 0 Å². The van der Waals surface area contributed by atoms with Crippen LogP contribution in [0, 0.1) is 17.8 Å². The number of para-hydroxylation sites is 1. The van der Waals surface area contributed by atoms with E-state index in [-0.39, 0.29) is 24.1 Å². The van der Waals surface area contributed by atoms with Crippen molar-refractivity contribution >= 4 is 5.97 Å². The van der Waals surface area contributed by atoms with Crippen LogP contribution in [-0.2, 0) is 16.0 Å². The van der Waals surface area contributed by atoms with Crippen LogP contribution < -0.4 is 4.74 Å². The monoisotopic (exact) mass is 414 g/mol. The number of rotatable bonds is 7. The Balaban J connectivity index is 0.000000274. The van der Waals surface area contributed by atoms with Gasteiger partial charge in [-0.2, -0.15) is 0 Å². The molecule has 5 heteroatoms. The Morgan fingerprint density at radius 2 is 2.20 bits per heavy atom. The molecule has 5 atom stereocenters. The Morgan fingerprint density at radius 3 is 2.87 bits per heavy atom. The number of methoxy groups -OCH3 is 1. The number of aliphatic hydroxyl groups excluding tert-OH is 2. The van der Waals surface area contributed by atoms with Crippen molar-refractivity contribution in [1.29, 1.82) is 0 Å². The fourth-order valence-electron chi connectivity index (χ4n) is 3.96. The van der Waals surface area contributed by atoms with Gasteiger partial charge in [-0.05, 0) is 37.7 Å². The molecule has 1 fully saturated rings. The summed E-state index contributed by atoms with van der Waals surface area (Å²) >= 11 is 0. The summed E-state index contributed by atoms with van der Waals surface area (Å²) in [5.74, 6) is 7.04. The van der Waals surface area contributed by atoms with Gasteiger partial charge in [0.15, 0.2) is 0 Å². The minimum atomic E-state index is -0.416. The van der Waals surface area contributed by atoms with Crippen LogP contribution >= 0.6 is 0 Å². The van der Waals surface area contributed by atoms with Crippen LogP contribution in [0.15, 0.2) is 30.9 Å². The van der Waals surface area contributed by atoms with E-state index in [2.05, 4.69) is 35.3 Å². The third kappa shape index (κ3) is 6.35. The number of ether oxygens (including phenoxy) is 2. The molecule has 1 aromatic carbocycles. The molecule has 0 aromatic heterocycles. The highest BCUT2D eigenvalue weighted by atomic mass is 16.5. The molecule has 0 radical (unpaired) electrons. The van der Waals surface area contributed by atoms with Gasteiger partial charge in [0.2, 0.25) is 0 Å². The van der Waals surface area contributed by atoms with Gasteiger partial charge in [-0.1, -0.05) is 31.2 Å². The smallest absolute Gasteiger partial charge is 0.305 e. The predicted octanol–water partition coefficient (Wildman–Crippen LogP) is 3.76. The molecule has 5 unspecified atom stereocenters. The SMILES string of the molecule is C=CC(O)C(C)CC#CC.COC(=O)CCCc1cccc2c1OC1CC(O)CC21. The summed E-state index contributed by atoms with van der Waals surface area (Å²) < 4.78 is 10.7. The lowest BCUT2D eigenvalue weighted by Crippen LogP contribution is -2.13. The van der Waals surface area contributed by atoms with Crippen molar-refractivity contribution in [2.75, 3.05) is 7.11 Å². The number of carbonyl (C=O) groups excluding carboxylic acids is 1. The van der Waals surface area contributed by atoms with E-state index in [1.54, 1.807) is 13.0 Å². The first-order chi connectivity index (χ1) is 14.4. The van der Waals surface area contributed by atoms with E-state index in [4.69, 9.17) is 9.84 Å². The van der Waals surface area contributed by atoms with Gasteiger partial charge in [0.05, 0.1) is 19.3 Å². The van der Waals surface area contributed by atoms with Gasteiger partial charge >= 0.3 is 5.97 Å². The number of esters is 1. The van der Waals surface area contributed by atoms with E-state index in [1.807, 2.05) is 13.0 Å². The van der Waals surface area contributed by atoms with Gasteiger partial charge in [-0.15, -0.1) is 18.4 Å². The molecule has 1 saturated carbocycles. The summed E-state index contributed by atoms with van der Waals surface area (Å²) in [6, 6.07) is 6.21. The van der Waals surface area contributed by atoms with Crippen molar-refractivity contribution < 1.29 is 24.5 Å². The Morgan fingerprint density at radius 1 is 1.43 bits per heavy atom. The van der Waals surface area contributed by atoms with Gasteiger partial charge in [0.1, 0.15) is 11.9 Å². The first kappa shape index (κ1) is 24.0. The highest BCUT2D eigenvalue weighted by Crippen LogP contribution is 2.48. The molecule has 3 rings (SSSR count). The van der Waals surface area contributed by atoms with Gasteiger partial charge < -0.3 is 19.7 Å². The molecule has 1 aliphatic heterocycles. The van der Waals surface area contributed by atoms with Crippen LogP contribution in [0.25, 0.3) is 0 Å². The molecular weight excluding hydrogens is 380 g/mol. The van der Waals surface area contributed by atoms with Crippen LogP contribution in [0.5, 0.6) is 5.75 Å². The molecule has 5 nitrogen and oxygen atoms in total. The zero-order chi connectivity index (χ0) is 22.1. The lowest BCUT2D eigenvalue weighted by molar-refractivity contribution is -0.140. The van der Waals surface area contributed by atoms with E-state index < -0.39 is 6.10 Å². The molecule has 0 amide bonds. The van der Waals surface area contributed by atoms with Gasteiger partial charge in [-0.25, -0.2) is 0 Å². The minimum absolute atomic E-state index is 0.127. The lowest BCUT2D eigenvalue weighted by Gasteiger charge is -2.11. The molecule has 30 heavy (non-hydrogen) atoms. The number of benzene rings is 1. The van der Waals surface area contributed by atoms with E-state index in [9.17, 15) is 9.90 Å². The first-order valence-corrected chi connectivity index (χ1v) is 10.6. The van der Waals surface area contributed by atoms with Gasteiger partial charge in [0, 0.05) is 30.7 Å². The van der Waals surface area contributed by atoms with Crippen molar-refractivity contribution in [3.05, 3.63) is 42.0 Å². The lowest BCUT2D eigenvalue weighted by atomic mass is 9.94. The van der Waals surface area contributed by atoms with E-state index in [0.29, 0.717) is 12.3 Å². The second-order valence-electron chi connectivity index (χ2n) is 7.99. The molecule has 2 N–H and O–H groups in total. The van der Waals surface area contributed by atoms with Crippen molar-refractivity contribution in [3.63, 3.8) is 0 Å². The highest BCUT2D eigenvalue weighted by Gasteiger charge is 2.42. The fourth-order valence-corrected chi connectivity index (χ4v) is 3.96. The number of hydrogen-bond donors (Lipinski definition) is 2. The number of hydrogen-bond acceptors (Lipinski definition) is 5. The number of carbonyl (C=O) groups is 1. The van der Waals surface area contributed by atoms with Crippen LogP contribution in [0.2, 0.25) is 0 Å². The number of aryl methyl sites for hydroxylation is 1. The predicted molar refractivity (Wildman–Crippen MR) is 117 cm³/mol. The molecule has 2 aliphatic rings. The average Bonchev–Trinajstić information content (AvgIpc) is 3.28. The third-order valence-corrected chi connectivity index (χ3v) is 5.75. The minimum Gasteiger partial charge on any atom is -0.489 e. The second kappa shape index (κ2) is 11.8. The largest absolute Gasteiger partial charge is 0.489 e. The highest BCUT2D eigenvalue weighted by molar-refractivity contribution is 5.69. The van der Waals surface area contributed by atoms with Crippen LogP contribution in [-0.4, -0.2) is 41.6 Å². The van der Waals surface area contributed by atoms with E-state index in [1.165, 1.54) is 12.7 Å². The van der Waals surface area contributed by atoms with Crippen LogP contribution in [0.1, 0.15) is 63.0 Å². The molecule has 0 saturated heterocycles. The quantitative estimate of drug-likeness (QED) is 0.404. The summed E-state index contributed by atoms with van der Waals surface area (Å²) in [6.07, 6.45) is 5.30. The molecule has 0 spiro atoms. The second-order valence-corrected chi connectivity index (χ2v) is 7.99. The van der Waals surface area contributed by atoms with Crippen molar-refractivity contribution in [2.24, 2.45) is 5.92 Å². The molecule has 1 heterocycles. The summed E-state index contributed by atoms with van der Waals surface area (Å²) in [6.45, 7) is 7.25. The van der Waals surface area contributed by atoms with Crippen LogP contribution in [0.3, 0.4) is 0 Å². The van der Waals surface area contributed by atoms with E-state index in [0.717, 1.165) is 43.4 Å². The summed E-state index contributed by atoms with van der Waals surface area (Å²) in [5.41, 5.74) is 2.39. The average molecular weight is 415 g/mol. The Kier molecular flexibility index (Phi) is 9.42. The third-order valence-electron chi connectivity index (χ3n) is 5.75. The first-order valence-electron chi connectivity index (χ1n) is 10.6. The molecular formula is C25H34O5. The van der Waals surface area contributed by atoms with Crippen molar-refractivity contribution in [3.8, 4) is 17.6 Å². The van der Waals surface area contributed by atoms with Crippen molar-refractivity contribution in [2.45, 2.75) is 76.6 Å². The fraction of sp³-hybridized carbons (Fsp3) is 0.560. The molecule has 164 valence electrons. The topological polar surface area (TPSA) is 76.0 Å². The zero-order valence-corrected chi connectivity index (χ0v) is 18.3. The Labute approximate surface area is 180 Å². The maximum atomic E-state index is 11.2. The van der Waals surface area contributed by atoms with Gasteiger partial charge in [-0.3, -0.25) is 4.79 Å². The molecule has 1 aliphatic carbocycles. The summed E-state index contributed by atoms with van der Waals surface area (Å²) in [5, 5.41) is 18.9. The number of aliphatic hydroxyl groups is 2. The maximum absolute atomic E-state index is 11.2. The van der Waals surface area contributed by atoms with E-state index >= 15 is 0 Å². The summed E-state index contributed by atoms with van der Waals surface area (Å²) in [7, 11) is 1.41. The summed E-state index contributed by atoms with van der Waals surface area (Å²) in [4.78, 5) is 11.2. The molecule has 1 aromatic rings. The standard InChI is InChI=1S/C16H20O4.C9H14O/c1-19-15(18)7-3-5-10-4-2-6-12-13-8-11(17)9-14(13)20-16(10)12;1-4-6-7-8(3)9(10)5-2/h2,4,6,11,13-14,17H,3,5,7-9H2,1H3;5,8-10H,2,7H2,1,3H3. The Hall–Kier alpha value is -2.29. The normalized spacial score (nSPS) is 22.8. The molecule has 0 bridgehead atoms. The Bertz CT molecular complexity index is 775. The van der Waals surface area contributed by atoms with Crippen LogP contribution in [0.4, 0.5) is 0 Å². The van der Waals surface area contributed by atoms with Gasteiger partial charge in [0.25, 0.3) is 0 Å².